The number of nitro benzene ring substituents is 1. The highest BCUT2D eigenvalue weighted by molar-refractivity contribution is 5.78. The van der Waals surface area contributed by atoms with Gasteiger partial charge in [0, 0.05) is 6.07 Å². The molecule has 1 N–H and O–H groups in total. The molecule has 142 valence electrons. The highest BCUT2D eigenvalue weighted by Gasteiger charge is 2.18. The molecule has 1 amide bonds. The lowest BCUT2D eigenvalue weighted by Gasteiger charge is -2.19. The zero-order valence-electron chi connectivity index (χ0n) is 15.2. The van der Waals surface area contributed by atoms with E-state index in [1.807, 2.05) is 60.7 Å². The van der Waals surface area contributed by atoms with Crippen LogP contribution in [0.5, 0.6) is 5.75 Å². The van der Waals surface area contributed by atoms with Crippen molar-refractivity contribution in [2.45, 2.75) is 12.5 Å². The largest absolute Gasteiger partial charge is 0.477 e. The van der Waals surface area contributed by atoms with E-state index in [2.05, 4.69) is 5.32 Å². The van der Waals surface area contributed by atoms with Crippen molar-refractivity contribution in [2.75, 3.05) is 6.61 Å². The first-order chi connectivity index (χ1) is 13.6. The Bertz CT molecular complexity index is 930. The van der Waals surface area contributed by atoms with E-state index in [1.54, 1.807) is 12.1 Å². The second kappa shape index (κ2) is 9.32. The molecule has 0 saturated carbocycles. The molecular formula is C22H20N2O4. The van der Waals surface area contributed by atoms with Gasteiger partial charge in [0.15, 0.2) is 12.4 Å². The Hall–Kier alpha value is -3.67. The van der Waals surface area contributed by atoms with Gasteiger partial charge in [0.25, 0.3) is 5.91 Å². The van der Waals surface area contributed by atoms with Gasteiger partial charge in [0.1, 0.15) is 0 Å². The zero-order valence-corrected chi connectivity index (χ0v) is 15.2. The fourth-order valence-corrected chi connectivity index (χ4v) is 2.90. The van der Waals surface area contributed by atoms with Crippen molar-refractivity contribution in [3.8, 4) is 5.75 Å². The molecule has 0 aliphatic carbocycles. The number of benzene rings is 3. The molecular weight excluding hydrogens is 356 g/mol. The number of amides is 1. The summed E-state index contributed by atoms with van der Waals surface area (Å²) in [7, 11) is 0. The van der Waals surface area contributed by atoms with Gasteiger partial charge in [-0.15, -0.1) is 0 Å². The summed E-state index contributed by atoms with van der Waals surface area (Å²) < 4.78 is 5.39. The number of hydrogen-bond donors (Lipinski definition) is 1. The number of hydrogen-bond acceptors (Lipinski definition) is 4. The van der Waals surface area contributed by atoms with E-state index in [0.717, 1.165) is 11.1 Å². The van der Waals surface area contributed by atoms with Crippen molar-refractivity contribution in [1.29, 1.82) is 0 Å². The van der Waals surface area contributed by atoms with Crippen LogP contribution >= 0.6 is 0 Å². The minimum absolute atomic E-state index is 0.0713. The molecule has 0 heterocycles. The molecule has 3 aromatic rings. The lowest BCUT2D eigenvalue weighted by Crippen LogP contribution is -2.33. The van der Waals surface area contributed by atoms with Gasteiger partial charge >= 0.3 is 5.69 Å². The van der Waals surface area contributed by atoms with Crippen molar-refractivity contribution < 1.29 is 14.5 Å². The molecule has 0 aliphatic rings. The Morgan fingerprint density at radius 1 is 0.929 bits per heavy atom. The first kappa shape index (κ1) is 19.1. The van der Waals surface area contributed by atoms with Gasteiger partial charge in [0.05, 0.1) is 11.0 Å². The number of para-hydroxylation sites is 2. The standard InChI is InChI=1S/C22H20N2O4/c25-22(16-28-21-14-8-7-13-20(21)24(26)27)23-19(18-11-5-2-6-12-18)15-17-9-3-1-4-10-17/h1-14,19H,15-16H2,(H,23,25). The maximum absolute atomic E-state index is 12.5. The molecule has 3 aromatic carbocycles. The van der Waals surface area contributed by atoms with Crippen LogP contribution in [0.4, 0.5) is 5.69 Å². The van der Waals surface area contributed by atoms with Crippen molar-refractivity contribution in [1.82, 2.24) is 5.32 Å². The van der Waals surface area contributed by atoms with E-state index in [4.69, 9.17) is 4.74 Å². The summed E-state index contributed by atoms with van der Waals surface area (Å²) >= 11 is 0. The molecule has 0 fully saturated rings. The van der Waals surface area contributed by atoms with Gasteiger partial charge in [-0.1, -0.05) is 72.8 Å². The molecule has 0 aromatic heterocycles. The summed E-state index contributed by atoms with van der Waals surface area (Å²) in [5, 5.41) is 14.0. The Morgan fingerprint density at radius 2 is 1.54 bits per heavy atom. The highest BCUT2D eigenvalue weighted by Crippen LogP contribution is 2.25. The lowest BCUT2D eigenvalue weighted by atomic mass is 9.99. The van der Waals surface area contributed by atoms with Crippen molar-refractivity contribution in [2.24, 2.45) is 0 Å². The molecule has 0 radical (unpaired) electrons. The number of nitro groups is 1. The van der Waals surface area contributed by atoms with Gasteiger partial charge in [-0.25, -0.2) is 0 Å². The molecule has 0 spiro atoms. The van der Waals surface area contributed by atoms with Gasteiger partial charge in [-0.3, -0.25) is 14.9 Å². The van der Waals surface area contributed by atoms with E-state index in [9.17, 15) is 14.9 Å². The molecule has 6 nitrogen and oxygen atoms in total. The van der Waals surface area contributed by atoms with Gasteiger partial charge < -0.3 is 10.1 Å². The summed E-state index contributed by atoms with van der Waals surface area (Å²) in [4.78, 5) is 23.0. The van der Waals surface area contributed by atoms with E-state index in [1.165, 1.54) is 12.1 Å². The van der Waals surface area contributed by atoms with E-state index < -0.39 is 4.92 Å². The average Bonchev–Trinajstić information content (AvgIpc) is 2.73. The third kappa shape index (κ3) is 5.17. The first-order valence-corrected chi connectivity index (χ1v) is 8.88. The predicted octanol–water partition coefficient (Wildman–Crippen LogP) is 4.07. The number of nitrogens with zero attached hydrogens (tertiary/aromatic N) is 1. The van der Waals surface area contributed by atoms with Crippen LogP contribution in [0.25, 0.3) is 0 Å². The van der Waals surface area contributed by atoms with Crippen molar-refractivity contribution in [3.63, 3.8) is 0 Å². The van der Waals surface area contributed by atoms with Crippen LogP contribution in [0.2, 0.25) is 0 Å². The SMILES string of the molecule is O=C(COc1ccccc1[N+](=O)[O-])NC(Cc1ccccc1)c1ccccc1. The van der Waals surface area contributed by atoms with Crippen LogP contribution in [-0.2, 0) is 11.2 Å². The number of carbonyl (C=O) groups excluding carboxylic acids is 1. The topological polar surface area (TPSA) is 81.5 Å². The van der Waals surface area contributed by atoms with Crippen LogP contribution in [0.15, 0.2) is 84.9 Å². The lowest BCUT2D eigenvalue weighted by molar-refractivity contribution is -0.385. The molecule has 0 saturated heterocycles. The molecule has 0 aliphatic heterocycles. The van der Waals surface area contributed by atoms with Gasteiger partial charge in [-0.05, 0) is 23.6 Å². The Kier molecular flexibility index (Phi) is 6.36. The molecule has 0 bridgehead atoms. The Balaban J connectivity index is 1.69. The van der Waals surface area contributed by atoms with Crippen LogP contribution in [0, 0.1) is 10.1 Å². The number of nitrogens with one attached hydrogen (secondary N) is 1. The zero-order chi connectivity index (χ0) is 19.8. The van der Waals surface area contributed by atoms with Gasteiger partial charge in [-0.2, -0.15) is 0 Å². The third-order valence-corrected chi connectivity index (χ3v) is 4.24. The molecule has 3 rings (SSSR count). The fraction of sp³-hybridized carbons (Fsp3) is 0.136. The summed E-state index contributed by atoms with van der Waals surface area (Å²) in [6.45, 7) is -0.303. The van der Waals surface area contributed by atoms with E-state index >= 15 is 0 Å². The first-order valence-electron chi connectivity index (χ1n) is 8.88. The maximum atomic E-state index is 12.5. The van der Waals surface area contributed by atoms with Crippen molar-refractivity contribution in [3.05, 3.63) is 106 Å². The second-order valence-electron chi connectivity index (χ2n) is 6.23. The van der Waals surface area contributed by atoms with Crippen molar-refractivity contribution >= 4 is 11.6 Å². The van der Waals surface area contributed by atoms with Gasteiger partial charge in [0.2, 0.25) is 0 Å². The third-order valence-electron chi connectivity index (χ3n) is 4.24. The summed E-state index contributed by atoms with van der Waals surface area (Å²) in [5.74, 6) is -0.273. The normalized spacial score (nSPS) is 11.4. The van der Waals surface area contributed by atoms with Crippen LogP contribution in [0.1, 0.15) is 17.2 Å². The average molecular weight is 376 g/mol. The van der Waals surface area contributed by atoms with E-state index in [0.29, 0.717) is 6.42 Å². The predicted molar refractivity (Wildman–Crippen MR) is 106 cm³/mol. The van der Waals surface area contributed by atoms with E-state index in [-0.39, 0.29) is 30.0 Å². The number of ether oxygens (including phenoxy) is 1. The molecule has 6 heteroatoms. The van der Waals surface area contributed by atoms with Crippen LogP contribution in [0.3, 0.4) is 0 Å². The summed E-state index contributed by atoms with van der Waals surface area (Å²) in [6.07, 6.45) is 0.627. The highest BCUT2D eigenvalue weighted by atomic mass is 16.6. The smallest absolute Gasteiger partial charge is 0.310 e. The number of rotatable bonds is 8. The fourth-order valence-electron chi connectivity index (χ4n) is 2.90. The minimum atomic E-state index is -0.532. The maximum Gasteiger partial charge on any atom is 0.310 e. The quantitative estimate of drug-likeness (QED) is 0.474. The molecule has 1 unspecified atom stereocenters. The van der Waals surface area contributed by atoms with Crippen LogP contribution < -0.4 is 10.1 Å². The molecule has 1 atom stereocenters. The Morgan fingerprint density at radius 3 is 2.21 bits per heavy atom. The summed E-state index contributed by atoms with van der Waals surface area (Å²) in [5.41, 5.74) is 1.90. The molecule has 28 heavy (non-hydrogen) atoms. The minimum Gasteiger partial charge on any atom is -0.477 e. The van der Waals surface area contributed by atoms with Crippen LogP contribution in [-0.4, -0.2) is 17.4 Å². The number of carbonyl (C=O) groups is 1. The Labute approximate surface area is 162 Å². The summed E-state index contributed by atoms with van der Waals surface area (Å²) in [6, 6.07) is 25.3. The monoisotopic (exact) mass is 376 g/mol. The second-order valence-corrected chi connectivity index (χ2v) is 6.23.